The van der Waals surface area contributed by atoms with Gasteiger partial charge in [-0.2, -0.15) is 4.57 Å². The van der Waals surface area contributed by atoms with Gasteiger partial charge in [-0.15, -0.1) is 0 Å². The molecule has 0 atom stereocenters. The predicted octanol–water partition coefficient (Wildman–Crippen LogP) is 3.41. The van der Waals surface area contributed by atoms with E-state index in [1.807, 2.05) is 24.3 Å². The van der Waals surface area contributed by atoms with Gasteiger partial charge in [0.2, 0.25) is 0 Å². The molecule has 2 heterocycles. The van der Waals surface area contributed by atoms with Crippen LogP contribution in [0.5, 0.6) is 11.5 Å². The summed E-state index contributed by atoms with van der Waals surface area (Å²) < 4.78 is 14.9. The fraction of sp³-hybridized carbons (Fsp3) is 0.321. The Balaban J connectivity index is 0.000000648. The second kappa shape index (κ2) is 16.7. The average Bonchev–Trinajstić information content (AvgIpc) is 2.85. The maximum atomic E-state index is 5.16. The molecule has 0 fully saturated rings. The average molecular weight is 624 g/mol. The molecule has 8 heteroatoms. The largest absolute Gasteiger partial charge is 1.00 e. The standard InChI is InChI=1S/C14H18BrNO.C14H15BrNO.B.Na.H/c2*1-11-7-8-16(10-14(11)15)9-12-3-5-13(17-2)6-4-12;;;/h3-6H,7-10H2,1-2H3;3-8,10H,9H2,1-2H3;;;/q;+1;;+1;-1. The third kappa shape index (κ3) is 10.3. The van der Waals surface area contributed by atoms with E-state index in [2.05, 4.69) is 97.9 Å². The second-order valence-corrected chi connectivity index (χ2v) is 10.3. The molecule has 0 aliphatic carbocycles. The Hall–Kier alpha value is -1.09. The van der Waals surface area contributed by atoms with Crippen molar-refractivity contribution in [2.24, 2.45) is 0 Å². The molecule has 0 spiro atoms. The van der Waals surface area contributed by atoms with Gasteiger partial charge in [0.1, 0.15) is 11.5 Å². The summed E-state index contributed by atoms with van der Waals surface area (Å²) in [6.07, 6.45) is 5.35. The number of benzene rings is 2. The van der Waals surface area contributed by atoms with E-state index in [4.69, 9.17) is 9.47 Å². The maximum absolute atomic E-state index is 5.16. The van der Waals surface area contributed by atoms with Crippen molar-refractivity contribution in [3.05, 3.63) is 98.2 Å². The van der Waals surface area contributed by atoms with E-state index in [9.17, 15) is 0 Å². The molecule has 2 aromatic carbocycles. The minimum Gasteiger partial charge on any atom is -1.00 e. The molecule has 0 saturated carbocycles. The monoisotopic (exact) mass is 622 g/mol. The van der Waals surface area contributed by atoms with Crippen molar-refractivity contribution in [1.82, 2.24) is 4.90 Å². The van der Waals surface area contributed by atoms with Crippen LogP contribution < -0.4 is 43.6 Å². The Morgan fingerprint density at radius 3 is 1.94 bits per heavy atom. The van der Waals surface area contributed by atoms with E-state index < -0.39 is 0 Å². The summed E-state index contributed by atoms with van der Waals surface area (Å²) >= 11 is 7.19. The number of methoxy groups -OCH3 is 2. The summed E-state index contributed by atoms with van der Waals surface area (Å²) in [4.78, 5) is 2.46. The molecule has 3 radical (unpaired) electrons. The van der Waals surface area contributed by atoms with Crippen molar-refractivity contribution in [2.45, 2.75) is 33.4 Å². The fourth-order valence-electron chi connectivity index (χ4n) is 3.61. The molecule has 3 aromatic rings. The van der Waals surface area contributed by atoms with Crippen molar-refractivity contribution in [2.75, 3.05) is 27.3 Å². The number of hydrogen-bond acceptors (Lipinski definition) is 3. The predicted molar refractivity (Wildman–Crippen MR) is 153 cm³/mol. The van der Waals surface area contributed by atoms with Gasteiger partial charge in [-0.05, 0) is 83.7 Å². The molecule has 0 saturated heterocycles. The van der Waals surface area contributed by atoms with E-state index in [1.54, 1.807) is 14.2 Å². The molecule has 1 aliphatic heterocycles. The Morgan fingerprint density at radius 2 is 1.44 bits per heavy atom. The third-order valence-electron chi connectivity index (χ3n) is 5.89. The first kappa shape index (κ1) is 32.9. The summed E-state index contributed by atoms with van der Waals surface area (Å²) in [5, 5.41) is 0. The molecule has 36 heavy (non-hydrogen) atoms. The van der Waals surface area contributed by atoms with Crippen LogP contribution in [0.15, 0.2) is 81.5 Å². The zero-order chi connectivity index (χ0) is 24.5. The normalized spacial score (nSPS) is 13.1. The van der Waals surface area contributed by atoms with Gasteiger partial charge in [-0.1, -0.05) is 33.6 Å². The van der Waals surface area contributed by atoms with Crippen LogP contribution in [0.4, 0.5) is 0 Å². The fourth-order valence-corrected chi connectivity index (χ4v) is 4.56. The SMILES string of the molecule is COc1ccc(CN2CCC(C)=C(Br)C2)cc1.COc1ccc(C[n+]2ccc(C)c(Br)c2)cc1.[B].[H-].[Na+]. The van der Waals surface area contributed by atoms with Crippen LogP contribution >= 0.6 is 31.9 Å². The van der Waals surface area contributed by atoms with Crippen molar-refractivity contribution in [3.63, 3.8) is 0 Å². The number of halogens is 2. The van der Waals surface area contributed by atoms with Gasteiger partial charge in [0.05, 0.1) is 18.7 Å². The van der Waals surface area contributed by atoms with Gasteiger partial charge in [-0.3, -0.25) is 4.90 Å². The number of pyridine rings is 1. The van der Waals surface area contributed by atoms with Crippen molar-refractivity contribution in [3.8, 4) is 11.5 Å². The summed E-state index contributed by atoms with van der Waals surface area (Å²) in [6, 6.07) is 18.6. The van der Waals surface area contributed by atoms with Crippen LogP contribution in [0.3, 0.4) is 0 Å². The van der Waals surface area contributed by atoms with Gasteiger partial charge in [0.15, 0.2) is 18.9 Å². The van der Waals surface area contributed by atoms with Gasteiger partial charge in [-0.25, -0.2) is 0 Å². The number of nitrogens with zero attached hydrogens (tertiary/aromatic N) is 2. The summed E-state index contributed by atoms with van der Waals surface area (Å²) in [7, 11) is 3.38. The first-order valence-corrected chi connectivity index (χ1v) is 12.9. The van der Waals surface area contributed by atoms with Gasteiger partial charge < -0.3 is 10.9 Å². The Kier molecular flexibility index (Phi) is 15.3. The molecule has 0 amide bonds. The Bertz CT molecular complexity index is 1120. The molecule has 4 nitrogen and oxygen atoms in total. The quantitative estimate of drug-likeness (QED) is 0.311. The van der Waals surface area contributed by atoms with Crippen molar-refractivity contribution in [1.29, 1.82) is 0 Å². The van der Waals surface area contributed by atoms with Gasteiger partial charge in [0.25, 0.3) is 0 Å². The number of hydrogen-bond donors (Lipinski definition) is 0. The minimum atomic E-state index is 0. The maximum Gasteiger partial charge on any atom is 1.00 e. The molecule has 1 aliphatic rings. The Morgan fingerprint density at radius 1 is 0.889 bits per heavy atom. The molecule has 1 aromatic heterocycles. The number of aryl methyl sites for hydroxylation is 1. The van der Waals surface area contributed by atoms with Crippen LogP contribution in [0.1, 0.15) is 31.5 Å². The first-order valence-electron chi connectivity index (χ1n) is 11.4. The minimum absolute atomic E-state index is 0. The number of rotatable bonds is 6. The molecular formula is C28H34BBr2N2NaO2+. The topological polar surface area (TPSA) is 25.6 Å². The Labute approximate surface area is 258 Å². The molecular weight excluding hydrogens is 590 g/mol. The number of ether oxygens (including phenoxy) is 2. The molecule has 0 N–H and O–H groups in total. The summed E-state index contributed by atoms with van der Waals surface area (Å²) in [6.45, 7) is 8.33. The third-order valence-corrected chi connectivity index (χ3v) is 7.65. The van der Waals surface area contributed by atoms with E-state index in [0.29, 0.717) is 0 Å². The molecule has 4 rings (SSSR count). The molecule has 0 bridgehead atoms. The molecule has 0 unspecified atom stereocenters. The first-order chi connectivity index (χ1) is 16.4. The summed E-state index contributed by atoms with van der Waals surface area (Å²) in [5.74, 6) is 1.81. The van der Waals surface area contributed by atoms with Crippen molar-refractivity contribution < 1.29 is 45.0 Å². The van der Waals surface area contributed by atoms with Crippen LogP contribution in [0.2, 0.25) is 0 Å². The van der Waals surface area contributed by atoms with Gasteiger partial charge >= 0.3 is 29.6 Å². The van der Waals surface area contributed by atoms with Crippen LogP contribution in [-0.4, -0.2) is 40.6 Å². The zero-order valence-electron chi connectivity index (χ0n) is 22.9. The second-order valence-electron chi connectivity index (χ2n) is 8.49. The smallest absolute Gasteiger partial charge is 1.00 e. The summed E-state index contributed by atoms with van der Waals surface area (Å²) in [5.41, 5.74) is 5.32. The molecule has 185 valence electrons. The van der Waals surface area contributed by atoms with E-state index in [0.717, 1.165) is 48.6 Å². The zero-order valence-corrected chi connectivity index (χ0v) is 27.1. The van der Waals surface area contributed by atoms with Gasteiger partial charge in [0, 0.05) is 44.2 Å². The van der Waals surface area contributed by atoms with Crippen molar-refractivity contribution >= 4 is 40.3 Å². The number of aromatic nitrogens is 1. The van der Waals surface area contributed by atoms with E-state index >= 15 is 0 Å². The van der Waals surface area contributed by atoms with E-state index in [1.165, 1.54) is 26.7 Å². The van der Waals surface area contributed by atoms with Crippen LogP contribution in [0, 0.1) is 6.92 Å². The van der Waals surface area contributed by atoms with E-state index in [-0.39, 0.29) is 39.4 Å². The van der Waals surface area contributed by atoms with Crippen LogP contribution in [0.25, 0.3) is 0 Å². The van der Waals surface area contributed by atoms with Crippen LogP contribution in [-0.2, 0) is 13.1 Å².